The summed E-state index contributed by atoms with van der Waals surface area (Å²) >= 11 is 0. The number of hydrogen-bond acceptors (Lipinski definition) is 1. The van der Waals surface area contributed by atoms with Crippen molar-refractivity contribution in [1.82, 2.24) is 4.57 Å². The van der Waals surface area contributed by atoms with Gasteiger partial charge in [-0.1, -0.05) is 24.1 Å². The Morgan fingerprint density at radius 1 is 1.44 bits per heavy atom. The highest BCUT2D eigenvalue weighted by atomic mass is 16.1. The first-order valence-electron chi connectivity index (χ1n) is 5.19. The first kappa shape index (κ1) is 10.5. The van der Waals surface area contributed by atoms with Gasteiger partial charge in [0.15, 0.2) is 5.78 Å². The van der Waals surface area contributed by atoms with Crippen molar-refractivity contribution < 1.29 is 4.79 Å². The summed E-state index contributed by atoms with van der Waals surface area (Å²) in [5.41, 5.74) is 2.76. The van der Waals surface area contributed by atoms with Crippen molar-refractivity contribution in [1.29, 1.82) is 0 Å². The molecule has 1 heterocycles. The minimum Gasteiger partial charge on any atom is -0.326 e. The molecule has 0 unspecified atom stereocenters. The van der Waals surface area contributed by atoms with Crippen LogP contribution in [0.5, 0.6) is 0 Å². The molecule has 0 aliphatic heterocycles. The van der Waals surface area contributed by atoms with Crippen LogP contribution in [0.25, 0.3) is 10.9 Å². The molecule has 0 fully saturated rings. The second-order valence-electron chi connectivity index (χ2n) is 3.84. The second kappa shape index (κ2) is 3.86. The molecule has 0 saturated heterocycles. The highest BCUT2D eigenvalue weighted by Gasteiger charge is 2.15. The van der Waals surface area contributed by atoms with Gasteiger partial charge in [-0.3, -0.25) is 4.79 Å². The lowest BCUT2D eigenvalue weighted by molar-refractivity contribution is 0.100. The first-order chi connectivity index (χ1) is 7.66. The topological polar surface area (TPSA) is 22.0 Å². The number of nitrogens with zero attached hydrogens (tertiary/aromatic N) is 1. The Labute approximate surface area is 94.9 Å². The summed E-state index contributed by atoms with van der Waals surface area (Å²) in [5, 5.41) is 1.10. The fourth-order valence-corrected chi connectivity index (χ4v) is 2.19. The molecule has 1 aromatic carbocycles. The van der Waals surface area contributed by atoms with E-state index in [1.54, 1.807) is 6.92 Å². The molecule has 1 aromatic heterocycles. The zero-order valence-electron chi connectivity index (χ0n) is 9.45. The predicted molar refractivity (Wildman–Crippen MR) is 65.5 cm³/mol. The van der Waals surface area contributed by atoms with Crippen LogP contribution in [0.3, 0.4) is 0 Å². The molecule has 0 aliphatic rings. The van der Waals surface area contributed by atoms with Gasteiger partial charge < -0.3 is 4.57 Å². The summed E-state index contributed by atoms with van der Waals surface area (Å²) < 4.78 is 1.91. The standard InChI is InChI=1S/C14H13NO/c1-4-9-15-13-8-6-5-7-12(13)10(2)14(15)11(3)16/h1,5-8H,9H2,2-3H3. The third-order valence-electron chi connectivity index (χ3n) is 2.81. The molecule has 0 spiro atoms. The number of terminal acetylenes is 1. The number of ketones is 1. The Kier molecular flexibility index (Phi) is 2.54. The summed E-state index contributed by atoms with van der Waals surface area (Å²) in [4.78, 5) is 11.6. The van der Waals surface area contributed by atoms with E-state index in [2.05, 4.69) is 5.92 Å². The molecule has 2 nitrogen and oxygen atoms in total. The Hall–Kier alpha value is -2.01. The number of benzene rings is 1. The van der Waals surface area contributed by atoms with E-state index < -0.39 is 0 Å². The molecule has 0 aliphatic carbocycles. The van der Waals surface area contributed by atoms with E-state index >= 15 is 0 Å². The van der Waals surface area contributed by atoms with Crippen molar-refractivity contribution >= 4 is 16.7 Å². The molecule has 2 heteroatoms. The van der Waals surface area contributed by atoms with E-state index in [4.69, 9.17) is 6.42 Å². The lowest BCUT2D eigenvalue weighted by atomic mass is 10.1. The van der Waals surface area contributed by atoms with E-state index in [1.807, 2.05) is 35.8 Å². The molecule has 16 heavy (non-hydrogen) atoms. The monoisotopic (exact) mass is 211 g/mol. The van der Waals surface area contributed by atoms with Crippen LogP contribution in [0.2, 0.25) is 0 Å². The van der Waals surface area contributed by atoms with Gasteiger partial charge >= 0.3 is 0 Å². The van der Waals surface area contributed by atoms with Crippen LogP contribution < -0.4 is 0 Å². The highest BCUT2D eigenvalue weighted by Crippen LogP contribution is 2.25. The van der Waals surface area contributed by atoms with E-state index in [9.17, 15) is 4.79 Å². The van der Waals surface area contributed by atoms with Crippen molar-refractivity contribution in [3.8, 4) is 12.3 Å². The lowest BCUT2D eigenvalue weighted by Gasteiger charge is -2.04. The molecule has 0 saturated carbocycles. The highest BCUT2D eigenvalue weighted by molar-refractivity contribution is 6.01. The summed E-state index contributed by atoms with van der Waals surface area (Å²) in [6.07, 6.45) is 5.35. The second-order valence-corrected chi connectivity index (χ2v) is 3.84. The number of carbonyl (C=O) groups is 1. The van der Waals surface area contributed by atoms with Gasteiger partial charge in [0.1, 0.15) is 0 Å². The Morgan fingerprint density at radius 2 is 2.12 bits per heavy atom. The fourth-order valence-electron chi connectivity index (χ4n) is 2.19. The molecule has 80 valence electrons. The molecule has 0 N–H and O–H groups in total. The third-order valence-corrected chi connectivity index (χ3v) is 2.81. The quantitative estimate of drug-likeness (QED) is 0.553. The molecule has 0 atom stereocenters. The van der Waals surface area contributed by atoms with Crippen molar-refractivity contribution in [3.05, 3.63) is 35.5 Å². The summed E-state index contributed by atoms with van der Waals surface area (Å²) in [6, 6.07) is 7.94. The van der Waals surface area contributed by atoms with Crippen LogP contribution in [-0.2, 0) is 6.54 Å². The van der Waals surface area contributed by atoms with Crippen molar-refractivity contribution in [2.45, 2.75) is 20.4 Å². The van der Waals surface area contributed by atoms with Gasteiger partial charge in [0.05, 0.1) is 12.2 Å². The van der Waals surface area contributed by atoms with E-state index in [0.29, 0.717) is 6.54 Å². The molecular formula is C14H13NO. The van der Waals surface area contributed by atoms with Crippen LogP contribution in [0.15, 0.2) is 24.3 Å². The van der Waals surface area contributed by atoms with Gasteiger partial charge in [0.25, 0.3) is 0 Å². The maximum absolute atomic E-state index is 11.6. The predicted octanol–water partition coefficient (Wildman–Crippen LogP) is 2.79. The number of aryl methyl sites for hydroxylation is 1. The van der Waals surface area contributed by atoms with Crippen LogP contribution in [0, 0.1) is 19.3 Å². The average Bonchev–Trinajstić information content (AvgIpc) is 2.54. The minimum atomic E-state index is 0.0592. The molecule has 0 bridgehead atoms. The smallest absolute Gasteiger partial charge is 0.176 e. The Balaban J connectivity index is 2.87. The Bertz CT molecular complexity index is 599. The number of hydrogen-bond donors (Lipinski definition) is 0. The van der Waals surface area contributed by atoms with Gasteiger partial charge in [-0.2, -0.15) is 0 Å². The number of Topliss-reactive ketones (excluding diaryl/α,β-unsaturated/α-hetero) is 1. The van der Waals surface area contributed by atoms with E-state index in [-0.39, 0.29) is 5.78 Å². The molecular weight excluding hydrogens is 198 g/mol. The van der Waals surface area contributed by atoms with E-state index in [0.717, 1.165) is 22.2 Å². The number of rotatable bonds is 2. The van der Waals surface area contributed by atoms with Gasteiger partial charge in [0, 0.05) is 17.8 Å². The summed E-state index contributed by atoms with van der Waals surface area (Å²) in [7, 11) is 0. The van der Waals surface area contributed by atoms with Crippen LogP contribution >= 0.6 is 0 Å². The van der Waals surface area contributed by atoms with Crippen molar-refractivity contribution in [2.75, 3.05) is 0 Å². The maximum Gasteiger partial charge on any atom is 0.176 e. The summed E-state index contributed by atoms with van der Waals surface area (Å²) in [5.74, 6) is 2.65. The Morgan fingerprint density at radius 3 is 2.75 bits per heavy atom. The average molecular weight is 211 g/mol. The number of carbonyl (C=O) groups excluding carboxylic acids is 1. The van der Waals surface area contributed by atoms with Crippen LogP contribution in [-0.4, -0.2) is 10.4 Å². The number of fused-ring (bicyclic) bond motifs is 1. The van der Waals surface area contributed by atoms with Gasteiger partial charge in [-0.15, -0.1) is 6.42 Å². The van der Waals surface area contributed by atoms with Gasteiger partial charge in [-0.25, -0.2) is 0 Å². The molecule has 0 amide bonds. The van der Waals surface area contributed by atoms with E-state index in [1.165, 1.54) is 0 Å². The van der Waals surface area contributed by atoms with Crippen LogP contribution in [0.4, 0.5) is 0 Å². The van der Waals surface area contributed by atoms with Crippen LogP contribution in [0.1, 0.15) is 23.0 Å². The largest absolute Gasteiger partial charge is 0.326 e. The zero-order valence-corrected chi connectivity index (χ0v) is 9.45. The SMILES string of the molecule is C#CCn1c(C(C)=O)c(C)c2ccccc21. The first-order valence-corrected chi connectivity index (χ1v) is 5.19. The molecule has 2 aromatic rings. The third kappa shape index (κ3) is 1.42. The zero-order chi connectivity index (χ0) is 11.7. The number of aromatic nitrogens is 1. The fraction of sp³-hybridized carbons (Fsp3) is 0.214. The minimum absolute atomic E-state index is 0.0592. The summed E-state index contributed by atoms with van der Waals surface area (Å²) in [6.45, 7) is 3.98. The molecule has 0 radical (unpaired) electrons. The number of para-hydroxylation sites is 1. The molecule has 2 rings (SSSR count). The van der Waals surface area contributed by atoms with Gasteiger partial charge in [0.2, 0.25) is 0 Å². The van der Waals surface area contributed by atoms with Gasteiger partial charge in [-0.05, 0) is 18.6 Å². The van der Waals surface area contributed by atoms with Crippen molar-refractivity contribution in [2.24, 2.45) is 0 Å². The lowest BCUT2D eigenvalue weighted by Crippen LogP contribution is -2.06. The normalized spacial score (nSPS) is 10.3. The van der Waals surface area contributed by atoms with Crippen molar-refractivity contribution in [3.63, 3.8) is 0 Å². The maximum atomic E-state index is 11.6.